The van der Waals surface area contributed by atoms with Crippen LogP contribution in [0.25, 0.3) is 16.7 Å². The van der Waals surface area contributed by atoms with Gasteiger partial charge in [-0.3, -0.25) is 0 Å². The first-order valence-electron chi connectivity index (χ1n) is 10.6. The highest BCUT2D eigenvalue weighted by molar-refractivity contribution is 5.75. The third kappa shape index (κ3) is 7.46. The Morgan fingerprint density at radius 2 is 1.10 bits per heavy atom. The van der Waals surface area contributed by atoms with Gasteiger partial charge < -0.3 is 5.32 Å². The number of hydrogen-bond donors (Lipinski definition) is 1. The first-order chi connectivity index (χ1) is 14.3. The molecule has 0 aromatic heterocycles. The highest BCUT2D eigenvalue weighted by atomic mass is 14.9. The maximum absolute atomic E-state index is 3.46. The maximum Gasteiger partial charge on any atom is 0.0384 e. The molecule has 0 bridgehead atoms. The monoisotopic (exact) mass is 385 g/mol. The van der Waals surface area contributed by atoms with Crippen LogP contribution in [0.3, 0.4) is 0 Å². The molecule has 0 heterocycles. The van der Waals surface area contributed by atoms with Crippen LogP contribution < -0.4 is 5.32 Å². The van der Waals surface area contributed by atoms with Crippen LogP contribution in [0.4, 0.5) is 11.4 Å². The van der Waals surface area contributed by atoms with E-state index < -0.39 is 0 Å². The van der Waals surface area contributed by atoms with Crippen LogP contribution in [0.15, 0.2) is 97.1 Å². The van der Waals surface area contributed by atoms with E-state index in [1.54, 1.807) is 0 Å². The summed E-state index contributed by atoms with van der Waals surface area (Å²) >= 11 is 0. The summed E-state index contributed by atoms with van der Waals surface area (Å²) in [7, 11) is 0. The third-order valence-electron chi connectivity index (χ3n) is 4.16. The summed E-state index contributed by atoms with van der Waals surface area (Å²) in [5.74, 6) is 0. The highest BCUT2D eigenvalue weighted by Crippen LogP contribution is 2.24. The van der Waals surface area contributed by atoms with E-state index in [4.69, 9.17) is 0 Å². The lowest BCUT2D eigenvalue weighted by atomic mass is 10.0. The lowest BCUT2D eigenvalue weighted by Crippen LogP contribution is -1.91. The van der Waals surface area contributed by atoms with Crippen molar-refractivity contribution < 1.29 is 0 Å². The Balaban J connectivity index is 0.000000989. The molecule has 152 valence electrons. The van der Waals surface area contributed by atoms with Crippen molar-refractivity contribution in [1.82, 2.24) is 0 Å². The van der Waals surface area contributed by atoms with Gasteiger partial charge in [0.25, 0.3) is 0 Å². The van der Waals surface area contributed by atoms with Gasteiger partial charge in [0.2, 0.25) is 0 Å². The Labute approximate surface area is 177 Å². The van der Waals surface area contributed by atoms with Crippen LogP contribution in [-0.2, 0) is 0 Å². The first kappa shape index (κ1) is 24.0. The molecule has 0 spiro atoms. The van der Waals surface area contributed by atoms with Gasteiger partial charge >= 0.3 is 0 Å². The fraction of sp³-hybridized carbons (Fsp3) is 0.214. The van der Waals surface area contributed by atoms with E-state index in [-0.39, 0.29) is 0 Å². The molecule has 0 atom stereocenters. The van der Waals surface area contributed by atoms with Crippen LogP contribution in [0, 0.1) is 0 Å². The zero-order chi connectivity index (χ0) is 21.5. The van der Waals surface area contributed by atoms with Crippen molar-refractivity contribution in [2.45, 2.75) is 41.5 Å². The standard InChI is InChI=1S/C24H23N.2C2H6/c1-3-8-19(4-2)21-11-15-23(16-12-21)25-24-17-13-22(14-18-24)20-9-6-5-7-10-20;2*1-2/h3-18,25H,1-2H3;2*1-2H3/b8-3-,19-4+;;. The Morgan fingerprint density at radius 1 is 0.621 bits per heavy atom. The molecule has 0 unspecified atom stereocenters. The SMILES string of the molecule is C/C=C\C(=C/C)c1ccc(Nc2ccc(-c3ccccc3)cc2)cc1.CC.CC. The van der Waals surface area contributed by atoms with Gasteiger partial charge in [-0.2, -0.15) is 0 Å². The van der Waals surface area contributed by atoms with Gasteiger partial charge in [-0.15, -0.1) is 0 Å². The highest BCUT2D eigenvalue weighted by Gasteiger charge is 2.00. The van der Waals surface area contributed by atoms with Gasteiger partial charge in [-0.25, -0.2) is 0 Å². The second-order valence-electron chi connectivity index (χ2n) is 5.89. The van der Waals surface area contributed by atoms with Gasteiger partial charge in [0.05, 0.1) is 0 Å². The zero-order valence-electron chi connectivity index (χ0n) is 18.7. The van der Waals surface area contributed by atoms with E-state index in [2.05, 4.69) is 103 Å². The summed E-state index contributed by atoms with van der Waals surface area (Å²) in [5.41, 5.74) is 7.11. The molecule has 0 aliphatic rings. The van der Waals surface area contributed by atoms with Crippen molar-refractivity contribution in [3.63, 3.8) is 0 Å². The normalized spacial score (nSPS) is 10.5. The Bertz CT molecular complexity index is 854. The van der Waals surface area contributed by atoms with Crippen LogP contribution in [0.2, 0.25) is 0 Å². The van der Waals surface area contributed by atoms with E-state index in [9.17, 15) is 0 Å². The van der Waals surface area contributed by atoms with Crippen molar-refractivity contribution in [3.05, 3.63) is 103 Å². The molecule has 0 aliphatic heterocycles. The van der Waals surface area contributed by atoms with Crippen molar-refractivity contribution in [2.75, 3.05) is 5.32 Å². The molecule has 3 aromatic rings. The number of benzene rings is 3. The van der Waals surface area contributed by atoms with E-state index >= 15 is 0 Å². The van der Waals surface area contributed by atoms with E-state index in [0.29, 0.717) is 0 Å². The molecule has 0 amide bonds. The smallest absolute Gasteiger partial charge is 0.0384 e. The first-order valence-corrected chi connectivity index (χ1v) is 10.6. The minimum Gasteiger partial charge on any atom is -0.356 e. The minimum absolute atomic E-state index is 1.09. The van der Waals surface area contributed by atoms with Crippen molar-refractivity contribution >= 4 is 16.9 Å². The molecule has 3 rings (SSSR count). The van der Waals surface area contributed by atoms with E-state index in [1.807, 2.05) is 40.7 Å². The van der Waals surface area contributed by atoms with Crippen LogP contribution >= 0.6 is 0 Å². The van der Waals surface area contributed by atoms with Crippen molar-refractivity contribution in [1.29, 1.82) is 0 Å². The summed E-state index contributed by atoms with van der Waals surface area (Å²) in [6.45, 7) is 12.1. The summed E-state index contributed by atoms with van der Waals surface area (Å²) in [6, 6.07) is 27.5. The quantitative estimate of drug-likeness (QED) is 0.432. The van der Waals surface area contributed by atoms with Gasteiger partial charge in [0, 0.05) is 11.4 Å². The van der Waals surface area contributed by atoms with Gasteiger partial charge in [0.1, 0.15) is 0 Å². The number of anilines is 2. The Hall–Kier alpha value is -3.06. The molecule has 1 heteroatoms. The molecular weight excluding hydrogens is 350 g/mol. The fourth-order valence-corrected chi connectivity index (χ4v) is 2.83. The Morgan fingerprint density at radius 3 is 1.59 bits per heavy atom. The molecule has 29 heavy (non-hydrogen) atoms. The molecule has 3 aromatic carbocycles. The molecule has 1 nitrogen and oxygen atoms in total. The number of allylic oxidation sites excluding steroid dienone is 4. The van der Waals surface area contributed by atoms with E-state index in [1.165, 1.54) is 22.3 Å². The van der Waals surface area contributed by atoms with Crippen molar-refractivity contribution in [3.8, 4) is 11.1 Å². The lowest BCUT2D eigenvalue weighted by molar-refractivity contribution is 1.50. The maximum atomic E-state index is 3.46. The number of hydrogen-bond acceptors (Lipinski definition) is 1. The van der Waals surface area contributed by atoms with Gasteiger partial charge in [-0.1, -0.05) is 101 Å². The van der Waals surface area contributed by atoms with Crippen LogP contribution in [-0.4, -0.2) is 0 Å². The number of rotatable bonds is 5. The Kier molecular flexibility index (Phi) is 11.6. The second kappa shape index (κ2) is 14.0. The zero-order valence-corrected chi connectivity index (χ0v) is 18.7. The number of nitrogens with one attached hydrogen (secondary N) is 1. The average molecular weight is 386 g/mol. The summed E-state index contributed by atoms with van der Waals surface area (Å²) in [5, 5.41) is 3.46. The molecule has 0 radical (unpaired) electrons. The molecule has 1 N–H and O–H groups in total. The second-order valence-corrected chi connectivity index (χ2v) is 5.89. The fourth-order valence-electron chi connectivity index (χ4n) is 2.83. The molecular formula is C28H35N. The lowest BCUT2D eigenvalue weighted by Gasteiger charge is -2.09. The third-order valence-corrected chi connectivity index (χ3v) is 4.16. The summed E-state index contributed by atoms with van der Waals surface area (Å²) in [6.07, 6.45) is 6.32. The molecule has 0 aliphatic carbocycles. The summed E-state index contributed by atoms with van der Waals surface area (Å²) < 4.78 is 0. The van der Waals surface area contributed by atoms with Crippen molar-refractivity contribution in [2.24, 2.45) is 0 Å². The van der Waals surface area contributed by atoms with Crippen LogP contribution in [0.1, 0.15) is 47.1 Å². The van der Waals surface area contributed by atoms with Crippen LogP contribution in [0.5, 0.6) is 0 Å². The topological polar surface area (TPSA) is 12.0 Å². The predicted molar refractivity (Wildman–Crippen MR) is 133 cm³/mol. The van der Waals surface area contributed by atoms with Gasteiger partial charge in [0.15, 0.2) is 0 Å². The van der Waals surface area contributed by atoms with E-state index in [0.717, 1.165) is 11.4 Å². The largest absolute Gasteiger partial charge is 0.356 e. The minimum atomic E-state index is 1.09. The molecule has 0 saturated carbocycles. The average Bonchev–Trinajstić information content (AvgIpc) is 2.82. The molecule has 0 fully saturated rings. The molecule has 0 saturated heterocycles. The van der Waals surface area contributed by atoms with Gasteiger partial charge in [-0.05, 0) is 60.4 Å². The predicted octanol–water partition coefficient (Wildman–Crippen LogP) is 9.13. The summed E-state index contributed by atoms with van der Waals surface area (Å²) in [4.78, 5) is 0.